The number of rotatable bonds is 8. The Morgan fingerprint density at radius 1 is 1.10 bits per heavy atom. The number of ether oxygens (including phenoxy) is 2. The first-order valence-corrected chi connectivity index (χ1v) is 8.92. The zero-order valence-electron chi connectivity index (χ0n) is 16.5. The molecule has 2 rings (SSSR count). The van der Waals surface area contributed by atoms with Crippen LogP contribution in [0.2, 0.25) is 0 Å². The number of carbonyl (C=O) groups is 1. The molecule has 0 radical (unpaired) electrons. The Kier molecular flexibility index (Phi) is 7.71. The van der Waals surface area contributed by atoms with Crippen molar-refractivity contribution >= 4 is 12.0 Å². The van der Waals surface area contributed by atoms with E-state index in [-0.39, 0.29) is 40.9 Å². The topological polar surface area (TPSA) is 132 Å². The van der Waals surface area contributed by atoms with Gasteiger partial charge in [0.15, 0.2) is 23.0 Å². The molecule has 8 nitrogen and oxygen atoms in total. The van der Waals surface area contributed by atoms with Crippen LogP contribution in [0.4, 0.5) is 0 Å². The van der Waals surface area contributed by atoms with E-state index in [9.17, 15) is 25.4 Å². The molecule has 0 saturated heterocycles. The van der Waals surface area contributed by atoms with Crippen molar-refractivity contribution in [2.24, 2.45) is 0 Å². The number of phenols is 3. The zero-order chi connectivity index (χ0) is 22.1. The van der Waals surface area contributed by atoms with Crippen LogP contribution in [0.3, 0.4) is 0 Å². The molecule has 4 N–H and O–H groups in total. The second-order valence-electron chi connectivity index (χ2n) is 6.15. The van der Waals surface area contributed by atoms with Crippen LogP contribution in [0.1, 0.15) is 11.1 Å². The van der Waals surface area contributed by atoms with Crippen LogP contribution in [0, 0.1) is 11.3 Å². The lowest BCUT2D eigenvalue weighted by atomic mass is 10.1. The van der Waals surface area contributed by atoms with Crippen LogP contribution in [0.5, 0.6) is 28.7 Å². The van der Waals surface area contributed by atoms with Crippen LogP contribution >= 0.6 is 0 Å². The van der Waals surface area contributed by atoms with Crippen molar-refractivity contribution < 1.29 is 29.6 Å². The summed E-state index contributed by atoms with van der Waals surface area (Å²) >= 11 is 0. The molecule has 0 unspecified atom stereocenters. The number of carbonyl (C=O) groups excluding carboxylic acids is 1. The smallest absolute Gasteiger partial charge is 0.261 e. The third kappa shape index (κ3) is 5.69. The number of nitriles is 1. The highest BCUT2D eigenvalue weighted by molar-refractivity contribution is 5.97. The summed E-state index contributed by atoms with van der Waals surface area (Å²) in [5.41, 5.74) is 1.28. The van der Waals surface area contributed by atoms with E-state index < -0.39 is 5.91 Å². The number of methoxy groups -OCH3 is 2. The number of amides is 1. The van der Waals surface area contributed by atoms with Crippen molar-refractivity contribution in [3.8, 4) is 34.8 Å². The summed E-state index contributed by atoms with van der Waals surface area (Å²) in [6.07, 6.45) is 4.95. The predicted octanol–water partition coefficient (Wildman–Crippen LogP) is 2.64. The summed E-state index contributed by atoms with van der Waals surface area (Å²) in [6.45, 7) is 0.248. The van der Waals surface area contributed by atoms with Gasteiger partial charge < -0.3 is 30.1 Å². The van der Waals surface area contributed by atoms with Crippen LogP contribution in [0.15, 0.2) is 48.1 Å². The molecule has 0 saturated carbocycles. The molecular weight excluding hydrogens is 388 g/mol. The predicted molar refractivity (Wildman–Crippen MR) is 110 cm³/mol. The minimum absolute atomic E-state index is 0.0856. The van der Waals surface area contributed by atoms with Gasteiger partial charge in [0, 0.05) is 6.54 Å². The van der Waals surface area contributed by atoms with Gasteiger partial charge in [0.05, 0.1) is 14.2 Å². The Bertz CT molecular complexity index is 996. The summed E-state index contributed by atoms with van der Waals surface area (Å²) < 4.78 is 10.2. The van der Waals surface area contributed by atoms with Crippen LogP contribution in [-0.4, -0.2) is 42.0 Å². The molecule has 0 aliphatic carbocycles. The monoisotopic (exact) mass is 410 g/mol. The fourth-order valence-electron chi connectivity index (χ4n) is 2.57. The summed E-state index contributed by atoms with van der Waals surface area (Å²) in [4.78, 5) is 12.2. The Hall–Kier alpha value is -4.12. The van der Waals surface area contributed by atoms with Crippen LogP contribution in [0.25, 0.3) is 6.08 Å². The number of hydrogen-bond acceptors (Lipinski definition) is 7. The van der Waals surface area contributed by atoms with Gasteiger partial charge in [0.1, 0.15) is 11.6 Å². The molecule has 2 aromatic carbocycles. The molecule has 0 spiro atoms. The maximum absolute atomic E-state index is 12.2. The Morgan fingerprint density at radius 2 is 1.77 bits per heavy atom. The molecule has 0 fully saturated rings. The first kappa shape index (κ1) is 22.2. The molecule has 156 valence electrons. The summed E-state index contributed by atoms with van der Waals surface area (Å²) in [6, 6.07) is 9.42. The average Bonchev–Trinajstić information content (AvgIpc) is 2.74. The first-order chi connectivity index (χ1) is 14.4. The third-order valence-corrected chi connectivity index (χ3v) is 4.16. The standard InChI is InChI=1S/C22H22N2O6/c1-29-19-11-15(12-20(30-2)21(19)27)4-3-5-16(13-23)22(28)24-9-8-14-6-7-17(25)18(26)10-14/h3-7,10-12,25-27H,8-9H2,1-2H3,(H,24,28)/b4-3+,16-5+. The number of benzene rings is 2. The van der Waals surface area contributed by atoms with E-state index in [1.54, 1.807) is 24.3 Å². The molecule has 1 amide bonds. The summed E-state index contributed by atoms with van der Waals surface area (Å²) in [7, 11) is 2.83. The molecule has 0 atom stereocenters. The lowest BCUT2D eigenvalue weighted by Crippen LogP contribution is -2.26. The van der Waals surface area contributed by atoms with Crippen molar-refractivity contribution in [1.82, 2.24) is 5.32 Å². The van der Waals surface area contributed by atoms with Gasteiger partial charge in [0.25, 0.3) is 5.91 Å². The molecule has 2 aromatic rings. The second kappa shape index (κ2) is 10.4. The van der Waals surface area contributed by atoms with Gasteiger partial charge >= 0.3 is 0 Å². The van der Waals surface area contributed by atoms with E-state index in [0.717, 1.165) is 5.56 Å². The second-order valence-corrected chi connectivity index (χ2v) is 6.15. The average molecular weight is 410 g/mol. The zero-order valence-corrected chi connectivity index (χ0v) is 16.5. The van der Waals surface area contributed by atoms with Gasteiger partial charge in [-0.25, -0.2) is 0 Å². The Labute approximate surface area is 173 Å². The summed E-state index contributed by atoms with van der Waals surface area (Å²) in [5.74, 6) is -0.636. The van der Waals surface area contributed by atoms with E-state index in [2.05, 4.69) is 5.32 Å². The molecule has 8 heteroatoms. The van der Waals surface area contributed by atoms with Crippen molar-refractivity contribution in [3.05, 3.63) is 59.2 Å². The highest BCUT2D eigenvalue weighted by Crippen LogP contribution is 2.37. The number of nitrogens with one attached hydrogen (secondary N) is 1. The van der Waals surface area contributed by atoms with E-state index in [4.69, 9.17) is 9.47 Å². The maximum atomic E-state index is 12.2. The van der Waals surface area contributed by atoms with E-state index >= 15 is 0 Å². The molecule has 0 heterocycles. The highest BCUT2D eigenvalue weighted by Gasteiger charge is 2.10. The molecule has 30 heavy (non-hydrogen) atoms. The molecule has 0 aliphatic rings. The Morgan fingerprint density at radius 3 is 2.33 bits per heavy atom. The number of hydrogen-bond donors (Lipinski definition) is 4. The minimum Gasteiger partial charge on any atom is -0.504 e. The van der Waals surface area contributed by atoms with Gasteiger partial charge in [-0.3, -0.25) is 4.79 Å². The SMILES string of the molecule is COc1cc(/C=C/C=C(\C#N)C(=O)NCCc2ccc(O)c(O)c2)cc(OC)c1O. The number of allylic oxidation sites excluding steroid dienone is 2. The van der Waals surface area contributed by atoms with E-state index in [0.29, 0.717) is 12.0 Å². The number of nitrogens with zero attached hydrogens (tertiary/aromatic N) is 1. The number of phenolic OH excluding ortho intramolecular Hbond substituents is 3. The lowest BCUT2D eigenvalue weighted by molar-refractivity contribution is -0.117. The van der Waals surface area contributed by atoms with Gasteiger partial charge in [-0.05, 0) is 47.9 Å². The van der Waals surface area contributed by atoms with Crippen molar-refractivity contribution in [2.45, 2.75) is 6.42 Å². The Balaban J connectivity index is 2.01. The summed E-state index contributed by atoms with van der Waals surface area (Å²) in [5, 5.41) is 40.6. The third-order valence-electron chi connectivity index (χ3n) is 4.16. The van der Waals surface area contributed by atoms with Crippen LogP contribution < -0.4 is 14.8 Å². The highest BCUT2D eigenvalue weighted by atomic mass is 16.5. The van der Waals surface area contributed by atoms with Crippen LogP contribution in [-0.2, 0) is 11.2 Å². The quantitative estimate of drug-likeness (QED) is 0.228. The van der Waals surface area contributed by atoms with Gasteiger partial charge in [-0.15, -0.1) is 0 Å². The van der Waals surface area contributed by atoms with E-state index in [1.165, 1.54) is 38.5 Å². The van der Waals surface area contributed by atoms with Crippen molar-refractivity contribution in [1.29, 1.82) is 5.26 Å². The largest absolute Gasteiger partial charge is 0.504 e. The fraction of sp³-hybridized carbons (Fsp3) is 0.182. The van der Waals surface area contributed by atoms with Crippen molar-refractivity contribution in [3.63, 3.8) is 0 Å². The van der Waals surface area contributed by atoms with Crippen molar-refractivity contribution in [2.75, 3.05) is 20.8 Å². The minimum atomic E-state index is -0.536. The van der Waals surface area contributed by atoms with E-state index in [1.807, 2.05) is 6.07 Å². The fourth-order valence-corrected chi connectivity index (χ4v) is 2.57. The first-order valence-electron chi connectivity index (χ1n) is 8.92. The molecule has 0 bridgehead atoms. The molecular formula is C22H22N2O6. The normalized spacial score (nSPS) is 11.2. The van der Waals surface area contributed by atoms with Gasteiger partial charge in [-0.1, -0.05) is 18.2 Å². The maximum Gasteiger partial charge on any atom is 0.261 e. The van der Waals surface area contributed by atoms with Gasteiger partial charge in [-0.2, -0.15) is 5.26 Å². The van der Waals surface area contributed by atoms with Gasteiger partial charge in [0.2, 0.25) is 5.75 Å². The number of aromatic hydroxyl groups is 3. The lowest BCUT2D eigenvalue weighted by Gasteiger charge is -2.09. The molecule has 0 aliphatic heterocycles. The molecule has 0 aromatic heterocycles.